The van der Waals surface area contributed by atoms with Gasteiger partial charge in [-0.1, -0.05) is 12.1 Å². The van der Waals surface area contributed by atoms with Crippen molar-refractivity contribution in [2.45, 2.75) is 37.8 Å². The third-order valence-corrected chi connectivity index (χ3v) is 5.45. The Morgan fingerprint density at radius 2 is 2.07 bits per heavy atom. The first-order valence-corrected chi connectivity index (χ1v) is 9.62. The number of carbonyl (C=O) groups is 1. The Morgan fingerprint density at radius 1 is 1.28 bits per heavy atom. The van der Waals surface area contributed by atoms with Crippen LogP contribution in [0.25, 0.3) is 22.4 Å². The fraction of sp³-hybridized carbons (Fsp3) is 0.381. The molecule has 0 saturated heterocycles. The number of hydrogen-bond donors (Lipinski definition) is 1. The number of imidazole rings is 1. The number of benzene rings is 1. The van der Waals surface area contributed by atoms with Crippen molar-refractivity contribution in [3.05, 3.63) is 42.0 Å². The van der Waals surface area contributed by atoms with Gasteiger partial charge in [0.15, 0.2) is 5.82 Å². The summed E-state index contributed by atoms with van der Waals surface area (Å²) in [5, 5.41) is 13.2. The lowest BCUT2D eigenvalue weighted by atomic mass is 9.93. The van der Waals surface area contributed by atoms with E-state index < -0.39 is 0 Å². The maximum Gasteiger partial charge on any atom is 0.270 e. The maximum atomic E-state index is 13.1. The Bertz CT molecular complexity index is 1090. The van der Waals surface area contributed by atoms with Gasteiger partial charge < -0.3 is 14.6 Å². The molecule has 0 aliphatic heterocycles. The quantitative estimate of drug-likeness (QED) is 0.734. The summed E-state index contributed by atoms with van der Waals surface area (Å²) in [7, 11) is 3.56. The van der Waals surface area contributed by atoms with Crippen molar-refractivity contribution in [1.29, 1.82) is 5.26 Å². The van der Waals surface area contributed by atoms with E-state index in [-0.39, 0.29) is 23.7 Å². The van der Waals surface area contributed by atoms with Gasteiger partial charge in [0.2, 0.25) is 0 Å². The highest BCUT2D eigenvalue weighted by atomic mass is 16.5. The molecule has 1 aromatic carbocycles. The van der Waals surface area contributed by atoms with Gasteiger partial charge in [0.25, 0.3) is 5.91 Å². The van der Waals surface area contributed by atoms with E-state index in [0.717, 1.165) is 25.7 Å². The number of rotatable bonds is 4. The van der Waals surface area contributed by atoms with E-state index in [4.69, 9.17) is 4.74 Å². The number of aromatic nitrogens is 4. The molecule has 2 heterocycles. The largest absolute Gasteiger partial charge is 0.381 e. The van der Waals surface area contributed by atoms with Crippen LogP contribution in [0, 0.1) is 11.3 Å². The summed E-state index contributed by atoms with van der Waals surface area (Å²) < 4.78 is 7.19. The van der Waals surface area contributed by atoms with E-state index in [1.807, 2.05) is 7.05 Å². The third-order valence-electron chi connectivity index (χ3n) is 5.45. The summed E-state index contributed by atoms with van der Waals surface area (Å²) in [5.74, 6) is 0.116. The lowest BCUT2D eigenvalue weighted by Crippen LogP contribution is -2.39. The zero-order valence-electron chi connectivity index (χ0n) is 16.4. The molecule has 8 heteroatoms. The summed E-state index contributed by atoms with van der Waals surface area (Å²) in [6.45, 7) is 0. The van der Waals surface area contributed by atoms with E-state index in [1.165, 1.54) is 0 Å². The van der Waals surface area contributed by atoms with Crippen molar-refractivity contribution in [1.82, 2.24) is 24.8 Å². The van der Waals surface area contributed by atoms with Gasteiger partial charge in [0.05, 0.1) is 29.7 Å². The predicted octanol–water partition coefficient (Wildman–Crippen LogP) is 2.59. The standard InChI is InChI=1S/C21H22N6O2/c1-27-12-23-11-17(27)20-25-18-13(10-22)4-3-5-16(18)19(26-20)21(28)24-14-6-8-15(29-2)9-7-14/h3-5,11-12,14-15H,6-9H2,1-2H3,(H,24,28). The van der Waals surface area contributed by atoms with Crippen molar-refractivity contribution in [3.63, 3.8) is 0 Å². The highest BCUT2D eigenvalue weighted by molar-refractivity contribution is 6.06. The SMILES string of the molecule is COC1CCC(NC(=O)c2nc(-c3cncn3C)nc3c(C#N)cccc23)CC1. The summed E-state index contributed by atoms with van der Waals surface area (Å²) in [6, 6.07) is 7.45. The van der Waals surface area contributed by atoms with Crippen LogP contribution in [0.4, 0.5) is 0 Å². The van der Waals surface area contributed by atoms with E-state index in [0.29, 0.717) is 28.0 Å². The van der Waals surface area contributed by atoms with Crippen LogP contribution < -0.4 is 5.32 Å². The zero-order valence-corrected chi connectivity index (χ0v) is 16.4. The average molecular weight is 390 g/mol. The van der Waals surface area contributed by atoms with Gasteiger partial charge in [-0.2, -0.15) is 5.26 Å². The first kappa shape index (κ1) is 19.0. The molecule has 0 atom stereocenters. The van der Waals surface area contributed by atoms with E-state index in [1.54, 1.807) is 42.4 Å². The molecule has 0 bridgehead atoms. The number of amides is 1. The minimum Gasteiger partial charge on any atom is -0.381 e. The fourth-order valence-electron chi connectivity index (χ4n) is 3.80. The van der Waals surface area contributed by atoms with E-state index in [2.05, 4.69) is 26.3 Å². The highest BCUT2D eigenvalue weighted by Gasteiger charge is 2.25. The lowest BCUT2D eigenvalue weighted by Gasteiger charge is -2.28. The van der Waals surface area contributed by atoms with Crippen molar-refractivity contribution in [2.75, 3.05) is 7.11 Å². The van der Waals surface area contributed by atoms with Crippen LogP contribution in [0.3, 0.4) is 0 Å². The molecule has 1 aliphatic rings. The van der Waals surface area contributed by atoms with Gasteiger partial charge >= 0.3 is 0 Å². The van der Waals surface area contributed by atoms with Crippen LogP contribution in [0.5, 0.6) is 0 Å². The maximum absolute atomic E-state index is 13.1. The number of nitriles is 1. The Hall–Kier alpha value is -3.31. The van der Waals surface area contributed by atoms with E-state index in [9.17, 15) is 10.1 Å². The van der Waals surface area contributed by atoms with Gasteiger partial charge in [0, 0.05) is 25.6 Å². The summed E-state index contributed by atoms with van der Waals surface area (Å²) >= 11 is 0. The molecular formula is C21H22N6O2. The molecule has 0 radical (unpaired) electrons. The van der Waals surface area contributed by atoms with Gasteiger partial charge in [0.1, 0.15) is 17.5 Å². The lowest BCUT2D eigenvalue weighted by molar-refractivity contribution is 0.0598. The summed E-state index contributed by atoms with van der Waals surface area (Å²) in [4.78, 5) is 26.4. The normalized spacial score (nSPS) is 19.1. The minimum atomic E-state index is -0.253. The molecule has 0 unspecified atom stereocenters. The highest BCUT2D eigenvalue weighted by Crippen LogP contribution is 2.25. The molecule has 1 fully saturated rings. The monoisotopic (exact) mass is 390 g/mol. The molecular weight excluding hydrogens is 368 g/mol. The number of nitrogens with one attached hydrogen (secondary N) is 1. The number of fused-ring (bicyclic) bond motifs is 1. The zero-order chi connectivity index (χ0) is 20.4. The number of aryl methyl sites for hydroxylation is 1. The van der Waals surface area contributed by atoms with Crippen LogP contribution >= 0.6 is 0 Å². The minimum absolute atomic E-state index is 0.0817. The van der Waals surface area contributed by atoms with Gasteiger partial charge in [-0.3, -0.25) is 4.79 Å². The molecule has 29 heavy (non-hydrogen) atoms. The van der Waals surface area contributed by atoms with Crippen molar-refractivity contribution >= 4 is 16.8 Å². The molecule has 1 saturated carbocycles. The number of carbonyl (C=O) groups excluding carboxylic acids is 1. The molecule has 4 rings (SSSR count). The molecule has 1 amide bonds. The second-order valence-corrected chi connectivity index (χ2v) is 7.28. The van der Waals surface area contributed by atoms with Crippen LogP contribution in [-0.4, -0.2) is 44.7 Å². The number of nitrogens with zero attached hydrogens (tertiary/aromatic N) is 5. The number of hydrogen-bond acceptors (Lipinski definition) is 6. The molecule has 1 N–H and O–H groups in total. The first-order chi connectivity index (χ1) is 14.1. The van der Waals surface area contributed by atoms with Gasteiger partial charge in [-0.05, 0) is 31.7 Å². The molecule has 148 valence electrons. The second kappa shape index (κ2) is 7.97. The summed E-state index contributed by atoms with van der Waals surface area (Å²) in [6.07, 6.45) is 7.13. The van der Waals surface area contributed by atoms with E-state index >= 15 is 0 Å². The Kier molecular flexibility index (Phi) is 5.23. The number of methoxy groups -OCH3 is 1. The molecule has 3 aromatic rings. The van der Waals surface area contributed by atoms with Crippen molar-refractivity contribution in [3.8, 4) is 17.6 Å². The number of para-hydroxylation sites is 1. The topological polar surface area (TPSA) is 106 Å². The summed E-state index contributed by atoms with van der Waals surface area (Å²) in [5.41, 5.74) is 1.82. The van der Waals surface area contributed by atoms with Gasteiger partial charge in [-0.15, -0.1) is 0 Å². The van der Waals surface area contributed by atoms with Gasteiger partial charge in [-0.25, -0.2) is 15.0 Å². The van der Waals surface area contributed by atoms with Crippen molar-refractivity contribution in [2.24, 2.45) is 7.05 Å². The average Bonchev–Trinajstić information content (AvgIpc) is 3.18. The Balaban J connectivity index is 1.74. The predicted molar refractivity (Wildman–Crippen MR) is 107 cm³/mol. The second-order valence-electron chi connectivity index (χ2n) is 7.28. The fourth-order valence-corrected chi connectivity index (χ4v) is 3.80. The van der Waals surface area contributed by atoms with Crippen LogP contribution in [0.15, 0.2) is 30.7 Å². The Morgan fingerprint density at radius 3 is 2.72 bits per heavy atom. The van der Waals surface area contributed by atoms with Crippen LogP contribution in [0.1, 0.15) is 41.7 Å². The van der Waals surface area contributed by atoms with Crippen LogP contribution in [0.2, 0.25) is 0 Å². The van der Waals surface area contributed by atoms with Crippen molar-refractivity contribution < 1.29 is 9.53 Å². The third kappa shape index (κ3) is 3.69. The Labute approximate surface area is 168 Å². The first-order valence-electron chi connectivity index (χ1n) is 9.62. The van der Waals surface area contributed by atoms with Crippen LogP contribution in [-0.2, 0) is 11.8 Å². The molecule has 1 aliphatic carbocycles. The smallest absolute Gasteiger partial charge is 0.270 e. The molecule has 2 aromatic heterocycles. The molecule has 0 spiro atoms. The number of ether oxygens (including phenoxy) is 1. The molecule has 8 nitrogen and oxygen atoms in total.